The van der Waals surface area contributed by atoms with Gasteiger partial charge in [-0.15, -0.1) is 0 Å². The van der Waals surface area contributed by atoms with E-state index in [1.54, 1.807) is 13.1 Å². The Morgan fingerprint density at radius 1 is 0.923 bits per heavy atom. The lowest BCUT2D eigenvalue weighted by Crippen LogP contribution is -2.61. The van der Waals surface area contributed by atoms with Crippen LogP contribution in [0, 0.1) is 0 Å². The number of hydrogen-bond acceptors (Lipinski definition) is 8. The Kier molecular flexibility index (Phi) is 13.2. The van der Waals surface area contributed by atoms with Crippen molar-refractivity contribution in [2.45, 2.75) is 82.1 Å². The topological polar surface area (TPSA) is 217 Å². The van der Waals surface area contributed by atoms with Crippen LogP contribution in [0.5, 0.6) is 0 Å². The van der Waals surface area contributed by atoms with Crippen molar-refractivity contribution in [3.63, 3.8) is 0 Å². The molecule has 15 nitrogen and oxygen atoms in total. The SMILES string of the molecule is CCOC(=O)[C@H](CCCNC(N)=O)NC(=O)[C@H](Cc1c[nH]c2ccccc12)NC(=O)[C@@H]1CCCCN1C(=O)[C@H](Cc1ccccc1)NC(=O)C1CO1. The second-order valence-corrected chi connectivity index (χ2v) is 13.0. The highest BCUT2D eigenvalue weighted by Gasteiger charge is 2.40. The maximum Gasteiger partial charge on any atom is 0.328 e. The normalized spacial score (nSPS) is 18.4. The first-order valence-electron chi connectivity index (χ1n) is 17.8. The molecule has 15 heteroatoms. The standard InChI is InChI=1S/C37H47N7O8/c1-2-51-36(49)27(15-10-17-39-37(38)50)41-32(45)28(20-24-21-40-26-14-7-6-13-25(24)26)42-33(46)30-16-8-9-18-44(30)35(48)29(43-34(47)31-22-52-31)19-23-11-4-3-5-12-23/h3-7,11-14,21,27-31,40H,2,8-10,15-20,22H2,1H3,(H,41,45)(H,42,46)(H,43,47)(H3,38,39,50)/t27-,28-,29-,30-,31?/m0/s1. The highest BCUT2D eigenvalue weighted by molar-refractivity contribution is 5.96. The number of carbonyl (C=O) groups excluding carboxylic acids is 6. The third kappa shape index (κ3) is 10.3. The average Bonchev–Trinajstić information content (AvgIpc) is 3.93. The van der Waals surface area contributed by atoms with E-state index in [1.165, 1.54) is 4.90 Å². The quantitative estimate of drug-likeness (QED) is 0.0676. The fourth-order valence-electron chi connectivity index (χ4n) is 6.46. The maximum absolute atomic E-state index is 14.2. The molecule has 52 heavy (non-hydrogen) atoms. The Morgan fingerprint density at radius 2 is 1.65 bits per heavy atom. The van der Waals surface area contributed by atoms with Gasteiger partial charge in [0.2, 0.25) is 17.7 Å². The summed E-state index contributed by atoms with van der Waals surface area (Å²) in [6.45, 7) is 2.50. The van der Waals surface area contributed by atoms with E-state index in [-0.39, 0.29) is 44.9 Å². The van der Waals surface area contributed by atoms with Crippen LogP contribution in [0.3, 0.4) is 0 Å². The summed E-state index contributed by atoms with van der Waals surface area (Å²) in [5.41, 5.74) is 7.61. The van der Waals surface area contributed by atoms with Gasteiger partial charge in [0.1, 0.15) is 24.2 Å². The number of benzene rings is 2. The van der Waals surface area contributed by atoms with Crippen molar-refractivity contribution in [2.75, 3.05) is 26.3 Å². The summed E-state index contributed by atoms with van der Waals surface area (Å²) in [4.78, 5) is 83.9. The van der Waals surface area contributed by atoms with Gasteiger partial charge in [0, 0.05) is 43.0 Å². The lowest BCUT2D eigenvalue weighted by Gasteiger charge is -2.37. The second-order valence-electron chi connectivity index (χ2n) is 13.0. The predicted molar refractivity (Wildman–Crippen MR) is 190 cm³/mol. The Labute approximate surface area is 301 Å². The Balaban J connectivity index is 1.37. The molecule has 0 saturated carbocycles. The summed E-state index contributed by atoms with van der Waals surface area (Å²) in [5.74, 6) is -2.58. The zero-order valence-electron chi connectivity index (χ0n) is 29.2. The third-order valence-electron chi connectivity index (χ3n) is 9.20. The number of epoxide rings is 1. The van der Waals surface area contributed by atoms with Gasteiger partial charge in [0.15, 0.2) is 6.10 Å². The number of esters is 1. The number of carbonyl (C=O) groups is 6. The number of ether oxygens (including phenoxy) is 2. The van der Waals surface area contributed by atoms with Gasteiger partial charge >= 0.3 is 12.0 Å². The number of rotatable bonds is 17. The molecule has 2 fully saturated rings. The van der Waals surface area contributed by atoms with Gasteiger partial charge in [-0.1, -0.05) is 48.5 Å². The molecule has 0 aliphatic carbocycles. The Hall–Kier alpha value is -5.44. The van der Waals surface area contributed by atoms with Crippen LogP contribution in [0.1, 0.15) is 50.2 Å². The molecule has 5 rings (SSSR count). The van der Waals surface area contributed by atoms with Crippen LogP contribution >= 0.6 is 0 Å². The summed E-state index contributed by atoms with van der Waals surface area (Å²) in [6, 6.07) is 12.1. The molecule has 2 saturated heterocycles. The number of nitrogens with zero attached hydrogens (tertiary/aromatic N) is 1. The number of piperidine rings is 1. The van der Waals surface area contributed by atoms with Crippen LogP contribution in [0.2, 0.25) is 0 Å². The Bertz CT molecular complexity index is 1730. The molecule has 0 spiro atoms. The number of fused-ring (bicyclic) bond motifs is 1. The molecule has 1 unspecified atom stereocenters. The number of likely N-dealkylation sites (tertiary alicyclic amines) is 1. The first-order chi connectivity index (χ1) is 25.1. The van der Waals surface area contributed by atoms with Gasteiger partial charge in [0.25, 0.3) is 5.91 Å². The van der Waals surface area contributed by atoms with E-state index in [9.17, 15) is 28.8 Å². The van der Waals surface area contributed by atoms with E-state index in [0.29, 0.717) is 32.2 Å². The fraction of sp³-hybridized carbons (Fsp3) is 0.459. The number of nitrogens with two attached hydrogens (primary N) is 1. The molecule has 2 aromatic carbocycles. The molecule has 278 valence electrons. The highest BCUT2D eigenvalue weighted by Crippen LogP contribution is 2.22. The Morgan fingerprint density at radius 3 is 2.38 bits per heavy atom. The van der Waals surface area contributed by atoms with Crippen LogP contribution in [-0.4, -0.2) is 102 Å². The van der Waals surface area contributed by atoms with E-state index in [2.05, 4.69) is 26.3 Å². The van der Waals surface area contributed by atoms with Crippen molar-refractivity contribution < 1.29 is 38.2 Å². The summed E-state index contributed by atoms with van der Waals surface area (Å²) >= 11 is 0. The second kappa shape index (κ2) is 18.2. The van der Waals surface area contributed by atoms with Gasteiger partial charge in [0.05, 0.1) is 13.2 Å². The lowest BCUT2D eigenvalue weighted by atomic mass is 9.97. The fourth-order valence-corrected chi connectivity index (χ4v) is 6.46. The minimum absolute atomic E-state index is 0.0785. The zero-order valence-corrected chi connectivity index (χ0v) is 29.2. The van der Waals surface area contributed by atoms with Crippen molar-refractivity contribution in [3.05, 3.63) is 71.9 Å². The molecule has 0 radical (unpaired) electrons. The minimum Gasteiger partial charge on any atom is -0.464 e. The monoisotopic (exact) mass is 717 g/mol. The van der Waals surface area contributed by atoms with Gasteiger partial charge in [-0.25, -0.2) is 9.59 Å². The summed E-state index contributed by atoms with van der Waals surface area (Å²) in [5, 5.41) is 11.8. The molecular weight excluding hydrogens is 670 g/mol. The van der Waals surface area contributed by atoms with Gasteiger partial charge in [-0.3, -0.25) is 19.2 Å². The molecule has 2 aliphatic heterocycles. The predicted octanol–water partition coefficient (Wildman–Crippen LogP) is 1.20. The first-order valence-corrected chi connectivity index (χ1v) is 17.8. The van der Waals surface area contributed by atoms with Gasteiger partial charge in [-0.05, 0) is 56.2 Å². The van der Waals surface area contributed by atoms with Crippen LogP contribution in [0.4, 0.5) is 4.79 Å². The number of amides is 6. The zero-order chi connectivity index (χ0) is 37.0. The van der Waals surface area contributed by atoms with E-state index < -0.39 is 60.0 Å². The van der Waals surface area contributed by atoms with Crippen molar-refractivity contribution in [3.8, 4) is 0 Å². The van der Waals surface area contributed by atoms with E-state index in [4.69, 9.17) is 15.2 Å². The average molecular weight is 718 g/mol. The van der Waals surface area contributed by atoms with Crippen LogP contribution in [0.25, 0.3) is 10.9 Å². The van der Waals surface area contributed by atoms with Crippen molar-refractivity contribution in [1.82, 2.24) is 31.2 Å². The molecule has 3 heterocycles. The van der Waals surface area contributed by atoms with Crippen molar-refractivity contribution in [2.24, 2.45) is 5.73 Å². The largest absolute Gasteiger partial charge is 0.464 e. The first kappa shape index (κ1) is 37.8. The van der Waals surface area contributed by atoms with Crippen molar-refractivity contribution in [1.29, 1.82) is 0 Å². The van der Waals surface area contributed by atoms with Gasteiger partial charge in [-0.2, -0.15) is 0 Å². The molecule has 3 aromatic rings. The molecule has 1 aromatic heterocycles. The molecule has 0 bridgehead atoms. The molecular formula is C37H47N7O8. The number of urea groups is 1. The number of H-pyrrole nitrogens is 1. The smallest absolute Gasteiger partial charge is 0.328 e. The number of aromatic nitrogens is 1. The van der Waals surface area contributed by atoms with E-state index in [1.807, 2.05) is 54.6 Å². The molecule has 6 amide bonds. The summed E-state index contributed by atoms with van der Waals surface area (Å²) in [7, 11) is 0. The number of nitrogens with one attached hydrogen (secondary N) is 5. The summed E-state index contributed by atoms with van der Waals surface area (Å²) in [6.07, 6.45) is 3.63. The van der Waals surface area contributed by atoms with Crippen LogP contribution < -0.4 is 27.0 Å². The number of primary amides is 1. The maximum atomic E-state index is 14.2. The van der Waals surface area contributed by atoms with Crippen LogP contribution in [-0.2, 0) is 46.3 Å². The number of hydrogen-bond donors (Lipinski definition) is 6. The van der Waals surface area contributed by atoms with Crippen LogP contribution in [0.15, 0.2) is 60.8 Å². The third-order valence-corrected chi connectivity index (χ3v) is 9.20. The highest BCUT2D eigenvalue weighted by atomic mass is 16.6. The molecule has 5 atom stereocenters. The molecule has 7 N–H and O–H groups in total. The molecule has 2 aliphatic rings. The summed E-state index contributed by atoms with van der Waals surface area (Å²) < 4.78 is 10.4. The van der Waals surface area contributed by atoms with E-state index in [0.717, 1.165) is 22.0 Å². The van der Waals surface area contributed by atoms with E-state index >= 15 is 0 Å². The number of aromatic amines is 1. The van der Waals surface area contributed by atoms with Crippen molar-refractivity contribution >= 4 is 46.5 Å². The minimum atomic E-state index is -1.14. The van der Waals surface area contributed by atoms with Gasteiger partial charge < -0.3 is 46.4 Å². The lowest BCUT2D eigenvalue weighted by molar-refractivity contribution is -0.148. The number of para-hydroxylation sites is 1.